The first-order valence-corrected chi connectivity index (χ1v) is 15.5. The molecule has 0 atom stereocenters. The molecule has 2 heterocycles. The summed E-state index contributed by atoms with van der Waals surface area (Å²) in [6.07, 6.45) is 3.78. The average molecular weight is 526 g/mol. The van der Waals surface area contributed by atoms with Crippen molar-refractivity contribution in [2.75, 3.05) is 30.9 Å². The minimum atomic E-state index is -3.85. The van der Waals surface area contributed by atoms with Crippen LogP contribution in [0.15, 0.2) is 57.2 Å². The van der Waals surface area contributed by atoms with E-state index in [4.69, 9.17) is 0 Å². The number of anilines is 1. The first kappa shape index (κ1) is 24.1. The summed E-state index contributed by atoms with van der Waals surface area (Å²) in [5.41, 5.74) is 0.824. The molecule has 12 heteroatoms. The van der Waals surface area contributed by atoms with E-state index < -0.39 is 19.9 Å². The van der Waals surface area contributed by atoms with E-state index in [1.807, 2.05) is 24.5 Å². The molecule has 176 valence electrons. The van der Waals surface area contributed by atoms with Crippen molar-refractivity contribution in [3.63, 3.8) is 0 Å². The molecule has 0 unspecified atom stereocenters. The lowest BCUT2D eigenvalue weighted by molar-refractivity contribution is -0.120. The lowest BCUT2D eigenvalue weighted by Crippen LogP contribution is -2.41. The molecule has 1 saturated heterocycles. The number of hydrogen-bond donors (Lipinski definition) is 1. The summed E-state index contributed by atoms with van der Waals surface area (Å²) in [6.45, 7) is 0.362. The van der Waals surface area contributed by atoms with Gasteiger partial charge in [0.1, 0.15) is 0 Å². The molecular weight excluding hydrogens is 503 g/mol. The van der Waals surface area contributed by atoms with Gasteiger partial charge in [0.25, 0.3) is 0 Å². The van der Waals surface area contributed by atoms with Gasteiger partial charge in [0.05, 0.1) is 20.0 Å². The van der Waals surface area contributed by atoms with Crippen molar-refractivity contribution < 1.29 is 21.6 Å². The monoisotopic (exact) mass is 525 g/mol. The van der Waals surface area contributed by atoms with E-state index in [1.54, 1.807) is 11.8 Å². The molecule has 0 saturated carbocycles. The molecule has 33 heavy (non-hydrogen) atoms. The Morgan fingerprint density at radius 2 is 1.79 bits per heavy atom. The van der Waals surface area contributed by atoms with Gasteiger partial charge in [-0.1, -0.05) is 17.4 Å². The number of thiazole rings is 1. The van der Waals surface area contributed by atoms with Crippen molar-refractivity contribution in [1.82, 2.24) is 9.29 Å². The molecule has 4 rings (SSSR count). The van der Waals surface area contributed by atoms with Crippen LogP contribution >= 0.6 is 23.1 Å². The number of thioether (sulfide) groups is 1. The number of sulfone groups is 1. The smallest absolute Gasteiger partial charge is 0.243 e. The molecule has 1 aromatic heterocycles. The minimum absolute atomic E-state index is 0.0432. The number of aromatic nitrogens is 1. The number of hydrogen-bond acceptors (Lipinski definition) is 8. The van der Waals surface area contributed by atoms with Gasteiger partial charge in [-0.3, -0.25) is 4.79 Å². The number of nitrogens with zero attached hydrogens (tertiary/aromatic N) is 2. The fourth-order valence-corrected chi connectivity index (χ4v) is 7.35. The zero-order chi connectivity index (χ0) is 23.8. The fourth-order valence-electron chi connectivity index (χ4n) is 3.67. The zero-order valence-electron chi connectivity index (χ0n) is 18.0. The first-order chi connectivity index (χ1) is 15.6. The van der Waals surface area contributed by atoms with E-state index in [9.17, 15) is 21.6 Å². The Kier molecular flexibility index (Phi) is 6.83. The third-order valence-corrected chi connectivity index (χ3v) is 10.2. The van der Waals surface area contributed by atoms with Crippen LogP contribution in [0, 0.1) is 5.92 Å². The van der Waals surface area contributed by atoms with E-state index in [1.165, 1.54) is 39.9 Å². The molecule has 3 aromatic rings. The predicted molar refractivity (Wildman–Crippen MR) is 131 cm³/mol. The van der Waals surface area contributed by atoms with E-state index >= 15 is 0 Å². The van der Waals surface area contributed by atoms with Gasteiger partial charge < -0.3 is 5.32 Å². The second-order valence-electron chi connectivity index (χ2n) is 7.77. The SMILES string of the molecule is CSc1ccc2nc(NC(=O)C3CCN(S(=O)(=O)c4cccc(S(C)(=O)=O)c4)CC3)sc2c1. The van der Waals surface area contributed by atoms with Gasteiger partial charge in [0, 0.05) is 30.2 Å². The number of nitrogens with one attached hydrogen (secondary N) is 1. The van der Waals surface area contributed by atoms with Crippen molar-refractivity contribution in [2.45, 2.75) is 27.5 Å². The van der Waals surface area contributed by atoms with Gasteiger partial charge in [-0.05, 0) is 55.5 Å². The molecule has 0 aliphatic carbocycles. The summed E-state index contributed by atoms with van der Waals surface area (Å²) < 4.78 is 51.9. The van der Waals surface area contributed by atoms with Gasteiger partial charge in [-0.15, -0.1) is 11.8 Å². The number of carbonyl (C=O) groups excluding carboxylic acids is 1. The summed E-state index contributed by atoms with van der Waals surface area (Å²) in [5, 5.41) is 3.40. The quantitative estimate of drug-likeness (QED) is 0.490. The number of sulfonamides is 1. The van der Waals surface area contributed by atoms with Crippen LogP contribution in [0.25, 0.3) is 10.2 Å². The van der Waals surface area contributed by atoms with Gasteiger partial charge in [0.15, 0.2) is 15.0 Å². The number of piperidine rings is 1. The van der Waals surface area contributed by atoms with E-state index in [0.717, 1.165) is 21.4 Å². The van der Waals surface area contributed by atoms with Crippen LogP contribution in [0.5, 0.6) is 0 Å². The molecule has 0 radical (unpaired) electrons. The number of benzene rings is 2. The minimum Gasteiger partial charge on any atom is -0.302 e. The molecular formula is C21H23N3O5S4. The first-order valence-electron chi connectivity index (χ1n) is 10.1. The van der Waals surface area contributed by atoms with Gasteiger partial charge in [-0.2, -0.15) is 4.31 Å². The topological polar surface area (TPSA) is 114 Å². The number of rotatable bonds is 6. The molecule has 0 bridgehead atoms. The van der Waals surface area contributed by atoms with Crippen molar-refractivity contribution in [2.24, 2.45) is 5.92 Å². The maximum Gasteiger partial charge on any atom is 0.243 e. The average Bonchev–Trinajstić information content (AvgIpc) is 3.20. The summed E-state index contributed by atoms with van der Waals surface area (Å²) in [7, 11) is -7.37. The van der Waals surface area contributed by atoms with E-state index in [2.05, 4.69) is 10.3 Å². The summed E-state index contributed by atoms with van der Waals surface area (Å²) in [4.78, 5) is 18.3. The summed E-state index contributed by atoms with van der Waals surface area (Å²) >= 11 is 3.05. The van der Waals surface area contributed by atoms with Crippen LogP contribution < -0.4 is 5.32 Å². The second-order valence-corrected chi connectivity index (χ2v) is 13.6. The Morgan fingerprint density at radius 3 is 2.45 bits per heavy atom. The van der Waals surface area contributed by atoms with Gasteiger partial charge in [0.2, 0.25) is 15.9 Å². The Bertz CT molecular complexity index is 1410. The summed E-state index contributed by atoms with van der Waals surface area (Å²) in [6, 6.07) is 11.3. The summed E-state index contributed by atoms with van der Waals surface area (Å²) in [5.74, 6) is -0.497. The maximum absolute atomic E-state index is 13.0. The Hall–Kier alpha value is -1.99. The number of fused-ring (bicyclic) bond motifs is 1. The highest BCUT2D eigenvalue weighted by atomic mass is 32.2. The second kappa shape index (κ2) is 9.34. The van der Waals surface area contributed by atoms with Crippen molar-refractivity contribution in [1.29, 1.82) is 0 Å². The van der Waals surface area contributed by atoms with Gasteiger partial charge in [-0.25, -0.2) is 21.8 Å². The van der Waals surface area contributed by atoms with Crippen LogP contribution in [0.1, 0.15) is 12.8 Å². The van der Waals surface area contributed by atoms with E-state index in [-0.39, 0.29) is 34.7 Å². The number of amides is 1. The number of carbonyl (C=O) groups is 1. The van der Waals surface area contributed by atoms with Crippen LogP contribution in [0.3, 0.4) is 0 Å². The van der Waals surface area contributed by atoms with Gasteiger partial charge >= 0.3 is 0 Å². The third-order valence-electron chi connectivity index (χ3n) is 5.52. The zero-order valence-corrected chi connectivity index (χ0v) is 21.3. The van der Waals surface area contributed by atoms with Crippen LogP contribution in [-0.2, 0) is 24.7 Å². The molecule has 1 N–H and O–H groups in total. The van der Waals surface area contributed by atoms with Crippen LogP contribution in [0.4, 0.5) is 5.13 Å². The molecule has 0 spiro atoms. The van der Waals surface area contributed by atoms with E-state index in [0.29, 0.717) is 18.0 Å². The highest BCUT2D eigenvalue weighted by molar-refractivity contribution is 7.98. The lowest BCUT2D eigenvalue weighted by Gasteiger charge is -2.30. The predicted octanol–water partition coefficient (Wildman–Crippen LogP) is 3.46. The van der Waals surface area contributed by atoms with Crippen LogP contribution in [0.2, 0.25) is 0 Å². The van der Waals surface area contributed by atoms with Crippen molar-refractivity contribution in [3.05, 3.63) is 42.5 Å². The van der Waals surface area contributed by atoms with Crippen molar-refractivity contribution in [3.8, 4) is 0 Å². The standard InChI is InChI=1S/C21H23N3O5S4/c1-30-15-6-7-18-19(12-15)31-21(22-18)23-20(25)14-8-10-24(11-9-14)33(28,29)17-5-3-4-16(13-17)32(2,26)27/h3-7,12-14H,8-11H2,1-2H3,(H,22,23,25). The molecule has 1 fully saturated rings. The molecule has 1 amide bonds. The van der Waals surface area contributed by atoms with Crippen molar-refractivity contribution >= 4 is 64.2 Å². The highest BCUT2D eigenvalue weighted by Gasteiger charge is 2.32. The Morgan fingerprint density at radius 1 is 1.09 bits per heavy atom. The Labute approximate surface area is 201 Å². The normalized spacial score (nSPS) is 16.2. The lowest BCUT2D eigenvalue weighted by atomic mass is 9.97. The molecule has 1 aliphatic rings. The fraction of sp³-hybridized carbons (Fsp3) is 0.333. The third kappa shape index (κ3) is 5.24. The molecule has 1 aliphatic heterocycles. The highest BCUT2D eigenvalue weighted by Crippen LogP contribution is 2.31. The molecule has 2 aromatic carbocycles. The maximum atomic E-state index is 13.0. The Balaban J connectivity index is 1.41. The van der Waals surface area contributed by atoms with Crippen LogP contribution in [-0.4, -0.2) is 57.6 Å². The molecule has 8 nitrogen and oxygen atoms in total. The largest absolute Gasteiger partial charge is 0.302 e.